The lowest BCUT2D eigenvalue weighted by Crippen LogP contribution is -2.58. The molecule has 0 saturated carbocycles. The summed E-state index contributed by atoms with van der Waals surface area (Å²) in [6.45, 7) is 11.4. The van der Waals surface area contributed by atoms with Crippen LogP contribution in [0.2, 0.25) is 5.02 Å². The number of rotatable bonds is 11. The number of benzene rings is 1. The van der Waals surface area contributed by atoms with Crippen LogP contribution in [-0.4, -0.2) is 69.6 Å². The Morgan fingerprint density at radius 1 is 1.35 bits per heavy atom. The summed E-state index contributed by atoms with van der Waals surface area (Å²) in [6, 6.07) is 5.66. The highest BCUT2D eigenvalue weighted by Gasteiger charge is 2.75. The molecule has 2 amide bonds. The van der Waals surface area contributed by atoms with Crippen LogP contribution in [0.25, 0.3) is 0 Å². The van der Waals surface area contributed by atoms with Gasteiger partial charge in [0.1, 0.15) is 12.6 Å². The Labute approximate surface area is 227 Å². The van der Waals surface area contributed by atoms with Crippen LogP contribution in [-0.2, 0) is 19.1 Å². The first-order valence-corrected chi connectivity index (χ1v) is 14.1. The third kappa shape index (κ3) is 4.51. The number of likely N-dealkylation sites (tertiary alicyclic amines) is 1. The maximum atomic E-state index is 14.6. The van der Waals surface area contributed by atoms with E-state index in [1.54, 1.807) is 51.9 Å². The quantitative estimate of drug-likeness (QED) is 0.332. The second kappa shape index (κ2) is 11.2. The molecule has 0 radical (unpaired) electrons. The molecule has 2 unspecified atom stereocenters. The van der Waals surface area contributed by atoms with Gasteiger partial charge in [0.25, 0.3) is 5.91 Å². The smallest absolute Gasteiger partial charge is 0.311 e. The average Bonchev–Trinajstić information content (AvgIpc) is 3.54. The van der Waals surface area contributed by atoms with E-state index in [0.29, 0.717) is 23.6 Å². The second-order valence-corrected chi connectivity index (χ2v) is 12.1. The maximum Gasteiger partial charge on any atom is 0.311 e. The minimum atomic E-state index is -0.862. The first kappa shape index (κ1) is 27.7. The second-order valence-electron chi connectivity index (χ2n) is 10.0. The molecule has 1 N–H and O–H groups in total. The van der Waals surface area contributed by atoms with Crippen molar-refractivity contribution in [3.05, 3.63) is 54.6 Å². The number of nitrogens with zero attached hydrogens (tertiary/aromatic N) is 2. The minimum absolute atomic E-state index is 0.0546. The number of anilines is 1. The van der Waals surface area contributed by atoms with Gasteiger partial charge in [-0.1, -0.05) is 62.7 Å². The fourth-order valence-electron chi connectivity index (χ4n) is 6.30. The Bertz CT molecular complexity index is 1080. The van der Waals surface area contributed by atoms with Gasteiger partial charge in [-0.3, -0.25) is 14.4 Å². The molecule has 4 rings (SSSR count). The topological polar surface area (TPSA) is 87.2 Å². The largest absolute Gasteiger partial charge is 0.461 e. The van der Waals surface area contributed by atoms with Crippen molar-refractivity contribution in [3.8, 4) is 0 Å². The fraction of sp³-hybridized carbons (Fsp3) is 0.536. The molecule has 1 aromatic rings. The molecule has 3 fully saturated rings. The monoisotopic (exact) mass is 546 g/mol. The third-order valence-electron chi connectivity index (χ3n) is 8.15. The number of halogens is 1. The highest BCUT2D eigenvalue weighted by molar-refractivity contribution is 8.02. The number of thioether (sulfide) groups is 1. The number of fused-ring (bicyclic) bond motifs is 1. The van der Waals surface area contributed by atoms with E-state index in [2.05, 4.69) is 13.2 Å². The fourth-order valence-corrected chi connectivity index (χ4v) is 8.73. The Morgan fingerprint density at radius 3 is 2.70 bits per heavy atom. The molecule has 3 heterocycles. The molecule has 0 aromatic heterocycles. The van der Waals surface area contributed by atoms with Crippen LogP contribution in [0.3, 0.4) is 0 Å². The van der Waals surface area contributed by atoms with Gasteiger partial charge in [-0.05, 0) is 30.9 Å². The van der Waals surface area contributed by atoms with Crippen molar-refractivity contribution in [2.24, 2.45) is 17.8 Å². The number of carbonyl (C=O) groups excluding carboxylic acids is 3. The molecule has 9 heteroatoms. The van der Waals surface area contributed by atoms with Gasteiger partial charge in [0.05, 0.1) is 39.9 Å². The summed E-state index contributed by atoms with van der Waals surface area (Å²) in [6.07, 6.45) is 5.19. The molecule has 1 spiro atoms. The number of carbonyl (C=O) groups is 3. The van der Waals surface area contributed by atoms with Gasteiger partial charge in [-0.15, -0.1) is 18.3 Å². The van der Waals surface area contributed by atoms with Crippen molar-refractivity contribution in [2.45, 2.75) is 55.2 Å². The van der Waals surface area contributed by atoms with Crippen molar-refractivity contribution in [1.82, 2.24) is 4.90 Å². The highest BCUT2D eigenvalue weighted by atomic mass is 35.5. The molecule has 3 saturated heterocycles. The summed E-state index contributed by atoms with van der Waals surface area (Å²) in [4.78, 5) is 45.1. The van der Waals surface area contributed by atoms with Crippen molar-refractivity contribution in [1.29, 1.82) is 0 Å². The van der Waals surface area contributed by atoms with Crippen molar-refractivity contribution in [2.75, 3.05) is 24.7 Å². The van der Waals surface area contributed by atoms with E-state index in [4.69, 9.17) is 16.3 Å². The lowest BCUT2D eigenvalue weighted by atomic mass is 9.71. The number of para-hydroxylation sites is 1. The molecule has 7 nitrogen and oxygen atoms in total. The van der Waals surface area contributed by atoms with Crippen LogP contribution in [0.5, 0.6) is 0 Å². The lowest BCUT2D eigenvalue weighted by molar-refractivity contribution is -0.153. The van der Waals surface area contributed by atoms with Crippen LogP contribution >= 0.6 is 23.4 Å². The van der Waals surface area contributed by atoms with E-state index >= 15 is 0 Å². The predicted octanol–water partition coefficient (Wildman–Crippen LogP) is 4.09. The normalized spacial score (nSPS) is 29.5. The Morgan fingerprint density at radius 2 is 2.08 bits per heavy atom. The van der Waals surface area contributed by atoms with Crippen LogP contribution < -0.4 is 4.90 Å². The van der Waals surface area contributed by atoms with E-state index in [0.717, 1.165) is 6.42 Å². The number of aliphatic hydroxyl groups excluding tert-OH is 1. The molecule has 2 bridgehead atoms. The zero-order valence-corrected chi connectivity index (χ0v) is 22.9. The van der Waals surface area contributed by atoms with E-state index in [-0.39, 0.29) is 42.7 Å². The van der Waals surface area contributed by atoms with Gasteiger partial charge in [-0.2, -0.15) is 0 Å². The SMILES string of the molecule is C=CCOC(=O)[C@@H]1[C@@H]2CCC3(S2)C(C(=O)N(CC=C)c2ccccc2Cl)N([C@@H](CO)[C@@H](C)CC)C(=O)[C@H]13. The zero-order chi connectivity index (χ0) is 26.9. The van der Waals surface area contributed by atoms with Gasteiger partial charge in [0.2, 0.25) is 5.91 Å². The summed E-state index contributed by atoms with van der Waals surface area (Å²) in [7, 11) is 0. The molecule has 3 aliphatic rings. The van der Waals surface area contributed by atoms with Gasteiger partial charge < -0.3 is 19.6 Å². The third-order valence-corrected chi connectivity index (χ3v) is 10.4. The lowest BCUT2D eigenvalue weighted by Gasteiger charge is -2.41. The van der Waals surface area contributed by atoms with Crippen LogP contribution in [0.4, 0.5) is 5.69 Å². The summed E-state index contributed by atoms with van der Waals surface area (Å²) in [5.74, 6) is -2.36. The molecule has 1 aromatic carbocycles. The number of hydrogen-bond acceptors (Lipinski definition) is 6. The van der Waals surface area contributed by atoms with Gasteiger partial charge >= 0.3 is 5.97 Å². The molecule has 200 valence electrons. The first-order chi connectivity index (χ1) is 17.8. The van der Waals surface area contributed by atoms with E-state index in [1.807, 2.05) is 13.8 Å². The number of amides is 2. The Kier molecular flexibility index (Phi) is 8.41. The van der Waals surface area contributed by atoms with Crippen LogP contribution in [0, 0.1) is 17.8 Å². The molecule has 37 heavy (non-hydrogen) atoms. The zero-order valence-electron chi connectivity index (χ0n) is 21.3. The highest BCUT2D eigenvalue weighted by Crippen LogP contribution is 2.67. The minimum Gasteiger partial charge on any atom is -0.461 e. The number of esters is 1. The molecular formula is C28H35ClN2O5S. The molecule has 3 aliphatic heterocycles. The Balaban J connectivity index is 1.84. The van der Waals surface area contributed by atoms with Crippen molar-refractivity contribution >= 4 is 46.8 Å². The van der Waals surface area contributed by atoms with Crippen molar-refractivity contribution < 1.29 is 24.2 Å². The summed E-state index contributed by atoms with van der Waals surface area (Å²) < 4.78 is 4.63. The number of ether oxygens (including phenoxy) is 1. The summed E-state index contributed by atoms with van der Waals surface area (Å²) in [5, 5.41) is 10.8. The Hall–Kier alpha value is -2.29. The maximum absolute atomic E-state index is 14.6. The van der Waals surface area contributed by atoms with Crippen LogP contribution in [0.1, 0.15) is 33.1 Å². The van der Waals surface area contributed by atoms with E-state index in [9.17, 15) is 19.5 Å². The molecule has 7 atom stereocenters. The summed E-state index contributed by atoms with van der Waals surface area (Å²) in [5.41, 5.74) is 0.532. The standard InChI is InChI=1S/C28H35ClN2O5S/c1-5-14-30(19-11-9-8-10-18(19)29)26(34)24-28-13-12-21(37-28)22(27(35)36-15-6-2)23(28)25(33)31(24)20(16-32)17(4)7-3/h5-6,8-11,17,20-24,32H,1-2,7,12-16H2,3-4H3/t17-,20-,21-,22+,23-,24?,28?/m0/s1. The number of aliphatic hydroxyl groups is 1. The summed E-state index contributed by atoms with van der Waals surface area (Å²) >= 11 is 8.08. The number of hydrogen-bond donors (Lipinski definition) is 1. The van der Waals surface area contributed by atoms with Crippen LogP contribution in [0.15, 0.2) is 49.6 Å². The van der Waals surface area contributed by atoms with Gasteiger partial charge in [0.15, 0.2) is 0 Å². The van der Waals surface area contributed by atoms with E-state index < -0.39 is 34.6 Å². The molecule has 0 aliphatic carbocycles. The first-order valence-electron chi connectivity index (χ1n) is 12.8. The van der Waals surface area contributed by atoms with Crippen molar-refractivity contribution in [3.63, 3.8) is 0 Å². The molecular weight excluding hydrogens is 512 g/mol. The van der Waals surface area contributed by atoms with E-state index in [1.165, 1.54) is 6.08 Å². The average molecular weight is 547 g/mol. The van der Waals surface area contributed by atoms with Gasteiger partial charge in [-0.25, -0.2) is 0 Å². The predicted molar refractivity (Wildman–Crippen MR) is 146 cm³/mol. The van der Waals surface area contributed by atoms with Gasteiger partial charge in [0, 0.05) is 11.8 Å².